The van der Waals surface area contributed by atoms with Gasteiger partial charge in [0.25, 0.3) is 0 Å². The van der Waals surface area contributed by atoms with Crippen LogP contribution in [0, 0.1) is 0 Å². The molecule has 0 saturated carbocycles. The van der Waals surface area contributed by atoms with Gasteiger partial charge < -0.3 is 0 Å². The molecule has 0 atom stereocenters. The third-order valence-electron chi connectivity index (χ3n) is 1.57. The number of carbonyl (C=O) groups is 2. The van der Waals surface area contributed by atoms with Crippen molar-refractivity contribution in [3.63, 3.8) is 0 Å². The Balaban J connectivity index is 4.47. The number of hydrogen-bond donors (Lipinski definition) is 0. The quantitative estimate of drug-likeness (QED) is 0.761. The molecule has 0 rings (SSSR count). The van der Waals surface area contributed by atoms with Crippen molar-refractivity contribution in [2.75, 3.05) is 0 Å². The van der Waals surface area contributed by atoms with Gasteiger partial charge in [0, 0.05) is 0 Å². The third kappa shape index (κ3) is 3.18. The topological polar surface area (TPSA) is 34.1 Å². The van der Waals surface area contributed by atoms with Gasteiger partial charge in [-0.25, -0.2) is 0 Å². The first kappa shape index (κ1) is 12.0. The van der Waals surface area contributed by atoms with E-state index in [1.165, 1.54) is 0 Å². The van der Waals surface area contributed by atoms with Crippen molar-refractivity contribution in [1.29, 1.82) is 0 Å². The molecule has 2 nitrogen and oxygen atoms in total. The summed E-state index contributed by atoms with van der Waals surface area (Å²) >= 11 is -1.96. The van der Waals surface area contributed by atoms with Crippen LogP contribution in [0.15, 0.2) is 0 Å². The van der Waals surface area contributed by atoms with Crippen LogP contribution in [0.25, 0.3) is 0 Å². The van der Waals surface area contributed by atoms with E-state index in [1.807, 2.05) is 0 Å². The van der Waals surface area contributed by atoms with E-state index < -0.39 is 17.3 Å². The van der Waals surface area contributed by atoms with Crippen LogP contribution in [-0.4, -0.2) is 8.35 Å². The second-order valence-electron chi connectivity index (χ2n) is 2.48. The van der Waals surface area contributed by atoms with Crippen LogP contribution in [0.2, 0.25) is 4.31 Å². The second-order valence-corrected chi connectivity index (χ2v) is 9.41. The van der Waals surface area contributed by atoms with Crippen LogP contribution < -0.4 is 0 Å². The zero-order valence-electron chi connectivity index (χ0n) is 8.12. The van der Waals surface area contributed by atoms with E-state index in [2.05, 4.69) is 13.8 Å². The average Bonchev–Trinajstić information content (AvgIpc) is 1.98. The minimum atomic E-state index is -1.96. The molecule has 0 aromatic rings. The van der Waals surface area contributed by atoms with Crippen molar-refractivity contribution in [2.24, 2.45) is 0 Å². The predicted molar refractivity (Wildman–Crippen MR) is 45.7 cm³/mol. The predicted octanol–water partition coefficient (Wildman–Crippen LogP) is 2.31. The van der Waals surface area contributed by atoms with E-state index in [-0.39, 0.29) is 8.35 Å². The maximum absolute atomic E-state index is 11.2. The van der Waals surface area contributed by atoms with Crippen LogP contribution in [0.4, 0.5) is 0 Å². The molecule has 75 valence electrons. The fourth-order valence-electron chi connectivity index (χ4n) is 1.07. The summed E-state index contributed by atoms with van der Waals surface area (Å²) in [6, 6.07) is 0. The van der Waals surface area contributed by atoms with Gasteiger partial charge in [-0.2, -0.15) is 0 Å². The van der Waals surface area contributed by atoms with E-state index in [0.717, 1.165) is 12.8 Å². The summed E-state index contributed by atoms with van der Waals surface area (Å²) in [5.74, 6) is 0. The van der Waals surface area contributed by atoms with Gasteiger partial charge in [-0.05, 0) is 0 Å². The van der Waals surface area contributed by atoms with E-state index in [0.29, 0.717) is 4.31 Å². The fourth-order valence-corrected chi connectivity index (χ4v) is 6.66. The maximum atomic E-state index is 11.2. The Morgan fingerprint density at radius 3 is 1.50 bits per heavy atom. The molecule has 0 aliphatic rings. The van der Waals surface area contributed by atoms with Crippen molar-refractivity contribution in [3.05, 3.63) is 0 Å². The molecule has 0 aliphatic heterocycles. The Hall–Kier alpha value is 0.0283. The Labute approximate surface area is 80.3 Å². The molecule has 3 heteroatoms. The Morgan fingerprint density at radius 1 is 1.08 bits per heavy atom. The van der Waals surface area contributed by atoms with Gasteiger partial charge in [-0.1, -0.05) is 0 Å². The molecule has 0 aromatic carbocycles. The molecule has 0 aliphatic carbocycles. The molecule has 0 bridgehead atoms. The molecule has 0 spiro atoms. The average molecular weight is 352 g/mol. The summed E-state index contributed by atoms with van der Waals surface area (Å²) in [5, 5.41) is 0. The molecule has 12 heavy (non-hydrogen) atoms. The van der Waals surface area contributed by atoms with E-state index >= 15 is 0 Å². The zero-order chi connectivity index (χ0) is 9.72. The summed E-state index contributed by atoms with van der Waals surface area (Å²) < 4.78 is 0.729. The Kier molecular flexibility index (Phi) is 5.65. The first-order chi connectivity index (χ1) is 5.54. The third-order valence-corrected chi connectivity index (χ3v) is 8.73. The molecule has 0 radical (unpaired) electrons. The summed E-state index contributed by atoms with van der Waals surface area (Å²) in [6.45, 7) is 7.27. The molecule has 0 N–H and O–H groups in total. The van der Waals surface area contributed by atoms with Crippen LogP contribution in [0.1, 0.15) is 40.5 Å². The zero-order valence-corrected chi connectivity index (χ0v) is 10.4. The monoisotopic (exact) mass is 352 g/mol. The van der Waals surface area contributed by atoms with Gasteiger partial charge in [-0.3, -0.25) is 0 Å². The molecule has 0 saturated heterocycles. The SMILES string of the molecule is CC[CH](CC)[Pt]([C](C)=O)[C](C)=O. The van der Waals surface area contributed by atoms with E-state index in [4.69, 9.17) is 0 Å². The molecule has 0 amide bonds. The minimum absolute atomic E-state index is 0.168. The van der Waals surface area contributed by atoms with Gasteiger partial charge in [0.15, 0.2) is 0 Å². The normalized spacial score (nSPS) is 11.6. The van der Waals surface area contributed by atoms with Crippen molar-refractivity contribution < 1.29 is 26.9 Å². The summed E-state index contributed by atoms with van der Waals surface area (Å²) in [4.78, 5) is 22.4. The number of hydrogen-bond acceptors (Lipinski definition) is 2. The first-order valence-electron chi connectivity index (χ1n) is 4.14. The first-order valence-corrected chi connectivity index (χ1v) is 7.72. The number of carbonyl (C=O) groups excluding carboxylic acids is 2. The Morgan fingerprint density at radius 2 is 1.42 bits per heavy atom. The summed E-state index contributed by atoms with van der Waals surface area (Å²) in [7, 11) is 0. The van der Waals surface area contributed by atoms with Crippen LogP contribution in [0.3, 0.4) is 0 Å². The van der Waals surface area contributed by atoms with Crippen molar-refractivity contribution in [2.45, 2.75) is 44.8 Å². The van der Waals surface area contributed by atoms with Crippen molar-refractivity contribution >= 4 is 8.35 Å². The summed E-state index contributed by atoms with van der Waals surface area (Å²) in [5.41, 5.74) is 0. The van der Waals surface area contributed by atoms with Gasteiger partial charge in [0.05, 0.1) is 0 Å². The fraction of sp³-hybridized carbons (Fsp3) is 0.778. The van der Waals surface area contributed by atoms with Crippen LogP contribution >= 0.6 is 0 Å². The molecular weight excluding hydrogens is 335 g/mol. The Bertz CT molecular complexity index is 159. The van der Waals surface area contributed by atoms with Gasteiger partial charge in [-0.15, -0.1) is 0 Å². The molecule has 0 heterocycles. The molecule has 0 aromatic heterocycles. The molecule has 0 unspecified atom stereocenters. The van der Waals surface area contributed by atoms with E-state index in [1.54, 1.807) is 13.8 Å². The standard InChI is InChI=1S/C5H11.2C2H3O.Pt/c1-3-5-4-2;2*1-2-3;/h5H,3-4H2,1-2H3;2*1H3;. The van der Waals surface area contributed by atoms with Gasteiger partial charge in [0.2, 0.25) is 0 Å². The van der Waals surface area contributed by atoms with Crippen LogP contribution in [-0.2, 0) is 26.9 Å². The van der Waals surface area contributed by atoms with Crippen molar-refractivity contribution in [1.82, 2.24) is 0 Å². The van der Waals surface area contributed by atoms with Crippen molar-refractivity contribution in [3.8, 4) is 0 Å². The van der Waals surface area contributed by atoms with Gasteiger partial charge >= 0.3 is 80.1 Å². The van der Waals surface area contributed by atoms with Gasteiger partial charge in [0.1, 0.15) is 0 Å². The van der Waals surface area contributed by atoms with Crippen LogP contribution in [0.5, 0.6) is 0 Å². The summed E-state index contributed by atoms with van der Waals surface area (Å²) in [6.07, 6.45) is 1.95. The van der Waals surface area contributed by atoms with E-state index in [9.17, 15) is 9.59 Å². The molecule has 0 fully saturated rings. The molecular formula is C9H17O2Pt. The second kappa shape index (κ2) is 5.64. The number of rotatable bonds is 5.